The zero-order valence-corrected chi connectivity index (χ0v) is 20.0. The van der Waals surface area contributed by atoms with Crippen molar-refractivity contribution in [2.24, 2.45) is 0 Å². The summed E-state index contributed by atoms with van der Waals surface area (Å²) in [7, 11) is -2.72. The van der Waals surface area contributed by atoms with Gasteiger partial charge in [-0.2, -0.15) is 0 Å². The molecule has 1 aliphatic rings. The Hall–Kier alpha value is -3.72. The molecule has 0 saturated heterocycles. The number of benzene rings is 3. The van der Waals surface area contributed by atoms with Crippen LogP contribution in [0.1, 0.15) is 18.1 Å². The Kier molecular flexibility index (Phi) is 6.65. The molecule has 0 fully saturated rings. The van der Waals surface area contributed by atoms with Crippen molar-refractivity contribution in [3.8, 4) is 17.2 Å². The summed E-state index contributed by atoms with van der Waals surface area (Å²) in [5, 5.41) is 2.75. The van der Waals surface area contributed by atoms with Gasteiger partial charge in [0.2, 0.25) is 12.7 Å². The molecule has 3 aromatic carbocycles. The van der Waals surface area contributed by atoms with E-state index in [0.29, 0.717) is 22.9 Å². The summed E-state index contributed by atoms with van der Waals surface area (Å²) in [4.78, 5) is 13.0. The maximum Gasteiger partial charge on any atom is 0.268 e. The average Bonchev–Trinajstić information content (AvgIpc) is 3.30. The van der Waals surface area contributed by atoms with E-state index >= 15 is 0 Å². The molecule has 3 aromatic rings. The summed E-state index contributed by atoms with van der Waals surface area (Å²) in [5.41, 5.74) is 2.66. The summed E-state index contributed by atoms with van der Waals surface area (Å²) < 4.78 is 44.6. The van der Waals surface area contributed by atoms with Crippen molar-refractivity contribution in [1.29, 1.82) is 0 Å². The van der Waals surface area contributed by atoms with Gasteiger partial charge in [0.15, 0.2) is 11.5 Å². The fraction of sp³-hybridized carbons (Fsp3) is 0.240. The molecule has 8 nitrogen and oxygen atoms in total. The van der Waals surface area contributed by atoms with E-state index in [9.17, 15) is 13.2 Å². The van der Waals surface area contributed by atoms with Crippen LogP contribution in [0.3, 0.4) is 0 Å². The second-order valence-corrected chi connectivity index (χ2v) is 9.63. The number of anilines is 2. The van der Waals surface area contributed by atoms with Crippen LogP contribution in [0.2, 0.25) is 0 Å². The Morgan fingerprint density at radius 1 is 1.03 bits per heavy atom. The van der Waals surface area contributed by atoms with Gasteiger partial charge in [-0.1, -0.05) is 25.1 Å². The van der Waals surface area contributed by atoms with Crippen molar-refractivity contribution in [1.82, 2.24) is 0 Å². The van der Waals surface area contributed by atoms with Crippen molar-refractivity contribution < 1.29 is 27.4 Å². The van der Waals surface area contributed by atoms with Gasteiger partial charge in [0.05, 0.1) is 12.8 Å². The number of methoxy groups -OCH3 is 1. The van der Waals surface area contributed by atoms with Crippen LogP contribution in [-0.2, 0) is 21.2 Å². The molecule has 0 bridgehead atoms. The summed E-state index contributed by atoms with van der Waals surface area (Å²) in [6.07, 6.45) is 0.809. The number of carbonyl (C=O) groups excluding carboxylic acids is 1. The van der Waals surface area contributed by atoms with Gasteiger partial charge in [0.1, 0.15) is 17.2 Å². The van der Waals surface area contributed by atoms with E-state index in [0.717, 1.165) is 21.9 Å². The van der Waals surface area contributed by atoms with Gasteiger partial charge >= 0.3 is 0 Å². The lowest BCUT2D eigenvalue weighted by molar-refractivity contribution is -0.114. The molecular formula is C25H26N2O6S. The Balaban J connectivity index is 1.68. The first kappa shape index (κ1) is 23.4. The number of carbonyl (C=O) groups is 1. The summed E-state index contributed by atoms with van der Waals surface area (Å²) >= 11 is 0. The fourth-order valence-electron chi connectivity index (χ4n) is 3.62. The van der Waals surface area contributed by atoms with Crippen LogP contribution >= 0.6 is 0 Å². The number of fused-ring (bicyclic) bond motifs is 1. The monoisotopic (exact) mass is 482 g/mol. The highest BCUT2D eigenvalue weighted by molar-refractivity contribution is 7.93. The lowest BCUT2D eigenvalue weighted by Crippen LogP contribution is -2.38. The first-order valence-corrected chi connectivity index (χ1v) is 12.2. The van der Waals surface area contributed by atoms with Crippen molar-refractivity contribution in [2.45, 2.75) is 25.2 Å². The minimum Gasteiger partial charge on any atom is -0.495 e. The molecule has 34 heavy (non-hydrogen) atoms. The topological polar surface area (TPSA) is 94.2 Å². The number of hydrogen-bond donors (Lipinski definition) is 1. The number of sulfonamides is 1. The lowest BCUT2D eigenvalue weighted by Gasteiger charge is -2.25. The van der Waals surface area contributed by atoms with Gasteiger partial charge < -0.3 is 19.5 Å². The number of hydrogen-bond acceptors (Lipinski definition) is 6. The smallest absolute Gasteiger partial charge is 0.268 e. The molecule has 4 rings (SSSR count). The third-order valence-corrected chi connectivity index (χ3v) is 7.26. The van der Waals surface area contributed by atoms with Crippen molar-refractivity contribution in [2.75, 3.05) is 30.1 Å². The van der Waals surface area contributed by atoms with Gasteiger partial charge in [0, 0.05) is 11.8 Å². The number of aryl methyl sites for hydroxylation is 2. The van der Waals surface area contributed by atoms with Crippen molar-refractivity contribution >= 4 is 27.3 Å². The first-order chi connectivity index (χ1) is 16.3. The van der Waals surface area contributed by atoms with E-state index in [1.807, 2.05) is 19.1 Å². The third-order valence-electron chi connectivity index (χ3n) is 5.46. The predicted octanol–water partition coefficient (Wildman–Crippen LogP) is 4.13. The van der Waals surface area contributed by atoms with E-state index < -0.39 is 22.5 Å². The highest BCUT2D eigenvalue weighted by Gasteiger charge is 2.30. The molecule has 0 atom stereocenters. The van der Waals surface area contributed by atoms with E-state index in [4.69, 9.17) is 14.2 Å². The Morgan fingerprint density at radius 3 is 2.47 bits per heavy atom. The van der Waals surface area contributed by atoms with E-state index in [1.165, 1.54) is 13.2 Å². The Labute approximate surface area is 199 Å². The molecule has 0 radical (unpaired) electrons. The highest BCUT2D eigenvalue weighted by Crippen LogP contribution is 2.35. The molecule has 0 aliphatic carbocycles. The number of amides is 1. The Bertz CT molecular complexity index is 1310. The summed E-state index contributed by atoms with van der Waals surface area (Å²) in [6, 6.07) is 17.0. The predicted molar refractivity (Wildman–Crippen MR) is 129 cm³/mol. The van der Waals surface area contributed by atoms with Gasteiger partial charge in [-0.15, -0.1) is 0 Å². The molecule has 0 saturated carbocycles. The summed E-state index contributed by atoms with van der Waals surface area (Å²) in [6.45, 7) is 3.50. The van der Waals surface area contributed by atoms with Crippen LogP contribution in [0.5, 0.6) is 17.2 Å². The number of ether oxygens (including phenoxy) is 3. The second-order valence-electron chi connectivity index (χ2n) is 7.80. The van der Waals surface area contributed by atoms with Gasteiger partial charge in [0.25, 0.3) is 10.0 Å². The van der Waals surface area contributed by atoms with Crippen LogP contribution in [0.4, 0.5) is 11.4 Å². The summed E-state index contributed by atoms with van der Waals surface area (Å²) in [5.74, 6) is 0.803. The molecule has 0 aromatic heterocycles. The van der Waals surface area contributed by atoms with Crippen molar-refractivity contribution in [3.05, 3.63) is 71.8 Å². The highest BCUT2D eigenvalue weighted by atomic mass is 32.2. The molecule has 1 aliphatic heterocycles. The fourth-order valence-corrected chi connectivity index (χ4v) is 5.29. The quantitative estimate of drug-likeness (QED) is 0.519. The van der Waals surface area contributed by atoms with Crippen LogP contribution in [0.25, 0.3) is 0 Å². The third kappa shape index (κ3) is 4.79. The van der Waals surface area contributed by atoms with Crippen molar-refractivity contribution in [3.63, 3.8) is 0 Å². The number of nitrogens with zero attached hydrogens (tertiary/aromatic N) is 1. The molecule has 9 heteroatoms. The van der Waals surface area contributed by atoms with Crippen LogP contribution in [0, 0.1) is 6.92 Å². The average molecular weight is 483 g/mol. The molecular weight excluding hydrogens is 456 g/mol. The maximum atomic E-state index is 13.8. The first-order valence-electron chi connectivity index (χ1n) is 10.8. The minimum atomic E-state index is -4.13. The number of rotatable bonds is 8. The van der Waals surface area contributed by atoms with Gasteiger partial charge in [-0.25, -0.2) is 8.42 Å². The van der Waals surface area contributed by atoms with Gasteiger partial charge in [-0.3, -0.25) is 9.10 Å². The zero-order chi connectivity index (χ0) is 24.3. The van der Waals surface area contributed by atoms with Crippen LogP contribution < -0.4 is 23.8 Å². The van der Waals surface area contributed by atoms with E-state index in [-0.39, 0.29) is 17.4 Å². The van der Waals surface area contributed by atoms with Gasteiger partial charge in [-0.05, 0) is 60.9 Å². The lowest BCUT2D eigenvalue weighted by atomic mass is 10.1. The number of nitrogens with one attached hydrogen (secondary N) is 1. The molecule has 178 valence electrons. The molecule has 1 heterocycles. The largest absolute Gasteiger partial charge is 0.495 e. The molecule has 1 N–H and O–H groups in total. The molecule has 0 spiro atoms. The normalized spacial score (nSPS) is 12.3. The zero-order valence-electron chi connectivity index (χ0n) is 19.2. The van der Waals surface area contributed by atoms with E-state index in [1.54, 1.807) is 49.4 Å². The van der Waals surface area contributed by atoms with Crippen LogP contribution in [-0.4, -0.2) is 34.8 Å². The maximum absolute atomic E-state index is 13.8. The minimum absolute atomic E-state index is 0.00884. The molecule has 0 unspecified atom stereocenters. The second kappa shape index (κ2) is 9.64. The Morgan fingerprint density at radius 2 is 1.76 bits per heavy atom. The molecule has 1 amide bonds. The van der Waals surface area contributed by atoms with E-state index in [2.05, 4.69) is 5.32 Å². The SMILES string of the molecule is CCc1ccc(N(CC(=O)Nc2ccc3c(c2)OCO3)S(=O)(=O)c2cc(C)ccc2OC)cc1. The standard InChI is InChI=1S/C25H26N2O6S/c1-4-18-6-9-20(10-7-18)27(34(29,30)24-13-17(2)5-11-22(24)31-3)15-25(28)26-19-8-12-21-23(14-19)33-16-32-21/h5-14H,4,15-16H2,1-3H3,(H,26,28). The van der Waals surface area contributed by atoms with Crippen LogP contribution in [0.15, 0.2) is 65.6 Å².